The minimum atomic E-state index is 0.0477. The Kier molecular flexibility index (Phi) is 5.03. The molecule has 0 aliphatic carbocycles. The molecule has 1 fully saturated rings. The molecule has 3 nitrogen and oxygen atoms in total. The summed E-state index contributed by atoms with van der Waals surface area (Å²) in [7, 11) is 2.14. The molecule has 0 amide bonds. The van der Waals surface area contributed by atoms with Crippen molar-refractivity contribution >= 4 is 0 Å². The van der Waals surface area contributed by atoms with Gasteiger partial charge in [0.05, 0.1) is 6.61 Å². The van der Waals surface area contributed by atoms with Gasteiger partial charge in [-0.25, -0.2) is 0 Å². The zero-order valence-corrected chi connectivity index (χ0v) is 10.3. The van der Waals surface area contributed by atoms with Gasteiger partial charge in [0.1, 0.15) is 0 Å². The molecule has 0 bridgehead atoms. The van der Waals surface area contributed by atoms with E-state index in [4.69, 9.17) is 4.74 Å². The van der Waals surface area contributed by atoms with Crippen LogP contribution in [-0.2, 0) is 4.74 Å². The van der Waals surface area contributed by atoms with Crippen molar-refractivity contribution < 1.29 is 9.84 Å². The molecule has 90 valence electrons. The lowest BCUT2D eigenvalue weighted by atomic mass is 9.85. The highest BCUT2D eigenvalue weighted by Crippen LogP contribution is 2.25. The molecule has 0 aromatic carbocycles. The molecular weight excluding hydrogens is 190 g/mol. The van der Waals surface area contributed by atoms with Crippen LogP contribution in [0.4, 0.5) is 0 Å². The monoisotopic (exact) mass is 215 g/mol. The second kappa shape index (κ2) is 5.83. The molecule has 15 heavy (non-hydrogen) atoms. The largest absolute Gasteiger partial charge is 0.396 e. The Morgan fingerprint density at radius 3 is 2.73 bits per heavy atom. The molecule has 2 atom stereocenters. The predicted molar refractivity (Wildman–Crippen MR) is 62.0 cm³/mol. The van der Waals surface area contributed by atoms with E-state index < -0.39 is 0 Å². The van der Waals surface area contributed by atoms with Crippen molar-refractivity contribution in [2.45, 2.75) is 39.2 Å². The SMILES string of the molecule is CCCC(C)(CO)CN(C)C1CCOC1. The molecule has 1 saturated heterocycles. The lowest BCUT2D eigenvalue weighted by molar-refractivity contribution is 0.0681. The molecule has 1 aliphatic rings. The lowest BCUT2D eigenvalue weighted by Crippen LogP contribution is -2.42. The molecule has 3 heteroatoms. The number of hydrogen-bond donors (Lipinski definition) is 1. The van der Waals surface area contributed by atoms with E-state index in [1.54, 1.807) is 0 Å². The van der Waals surface area contributed by atoms with Gasteiger partial charge < -0.3 is 14.7 Å². The van der Waals surface area contributed by atoms with Crippen molar-refractivity contribution in [1.82, 2.24) is 4.90 Å². The second-order valence-corrected chi connectivity index (χ2v) is 5.15. The average molecular weight is 215 g/mol. The first-order valence-corrected chi connectivity index (χ1v) is 6.00. The summed E-state index contributed by atoms with van der Waals surface area (Å²) >= 11 is 0. The number of aliphatic hydroxyl groups is 1. The van der Waals surface area contributed by atoms with Gasteiger partial charge in [-0.3, -0.25) is 0 Å². The average Bonchev–Trinajstić information content (AvgIpc) is 2.71. The van der Waals surface area contributed by atoms with E-state index in [0.717, 1.165) is 39.0 Å². The minimum absolute atomic E-state index is 0.0477. The number of ether oxygens (including phenoxy) is 1. The molecule has 0 spiro atoms. The molecule has 1 aliphatic heterocycles. The molecule has 1 N–H and O–H groups in total. The smallest absolute Gasteiger partial charge is 0.0622 e. The van der Waals surface area contributed by atoms with E-state index in [-0.39, 0.29) is 12.0 Å². The van der Waals surface area contributed by atoms with Gasteiger partial charge in [0.25, 0.3) is 0 Å². The quantitative estimate of drug-likeness (QED) is 0.729. The zero-order chi connectivity index (χ0) is 11.3. The molecule has 2 unspecified atom stereocenters. The van der Waals surface area contributed by atoms with E-state index in [1.165, 1.54) is 0 Å². The number of aliphatic hydroxyl groups excluding tert-OH is 1. The van der Waals surface area contributed by atoms with Gasteiger partial charge in [-0.1, -0.05) is 20.3 Å². The van der Waals surface area contributed by atoms with Gasteiger partial charge in [-0.2, -0.15) is 0 Å². The van der Waals surface area contributed by atoms with E-state index >= 15 is 0 Å². The third kappa shape index (κ3) is 3.74. The summed E-state index contributed by atoms with van der Waals surface area (Å²) in [5.74, 6) is 0. The lowest BCUT2D eigenvalue weighted by Gasteiger charge is -2.34. The highest BCUT2D eigenvalue weighted by atomic mass is 16.5. The number of nitrogens with zero attached hydrogens (tertiary/aromatic N) is 1. The number of likely N-dealkylation sites (N-methyl/N-ethyl adjacent to an activating group) is 1. The van der Waals surface area contributed by atoms with Crippen LogP contribution in [-0.4, -0.2) is 49.5 Å². The van der Waals surface area contributed by atoms with Crippen molar-refractivity contribution in [2.75, 3.05) is 33.4 Å². The summed E-state index contributed by atoms with van der Waals surface area (Å²) in [6, 6.07) is 0.549. The van der Waals surface area contributed by atoms with Crippen molar-refractivity contribution in [3.8, 4) is 0 Å². The summed E-state index contributed by atoms with van der Waals surface area (Å²) in [4.78, 5) is 2.35. The van der Waals surface area contributed by atoms with Crippen LogP contribution < -0.4 is 0 Å². The first-order valence-electron chi connectivity index (χ1n) is 6.00. The Labute approximate surface area is 93.4 Å². The van der Waals surface area contributed by atoms with Gasteiger partial charge in [-0.05, 0) is 19.9 Å². The standard InChI is InChI=1S/C12H25NO2/c1-4-6-12(2,10-14)9-13(3)11-5-7-15-8-11/h11,14H,4-10H2,1-3H3. The van der Waals surface area contributed by atoms with Crippen LogP contribution in [0.15, 0.2) is 0 Å². The highest BCUT2D eigenvalue weighted by molar-refractivity contribution is 4.81. The fraction of sp³-hybridized carbons (Fsp3) is 1.00. The fourth-order valence-electron chi connectivity index (χ4n) is 2.41. The topological polar surface area (TPSA) is 32.7 Å². The maximum Gasteiger partial charge on any atom is 0.0622 e. The van der Waals surface area contributed by atoms with Crippen molar-refractivity contribution in [2.24, 2.45) is 5.41 Å². The van der Waals surface area contributed by atoms with E-state index in [2.05, 4.69) is 25.8 Å². The first-order chi connectivity index (χ1) is 7.11. The maximum absolute atomic E-state index is 9.45. The Balaban J connectivity index is 2.42. The Morgan fingerprint density at radius 1 is 1.53 bits per heavy atom. The van der Waals surface area contributed by atoms with Crippen molar-refractivity contribution in [3.63, 3.8) is 0 Å². The fourth-order valence-corrected chi connectivity index (χ4v) is 2.41. The molecule has 0 aromatic rings. The normalized spacial score (nSPS) is 25.8. The van der Waals surface area contributed by atoms with Gasteiger partial charge in [0.2, 0.25) is 0 Å². The van der Waals surface area contributed by atoms with E-state index in [9.17, 15) is 5.11 Å². The molecule has 1 heterocycles. The van der Waals surface area contributed by atoms with Gasteiger partial charge in [0.15, 0.2) is 0 Å². The Morgan fingerprint density at radius 2 is 2.27 bits per heavy atom. The van der Waals surface area contributed by atoms with Gasteiger partial charge in [0, 0.05) is 31.2 Å². The first kappa shape index (κ1) is 12.9. The van der Waals surface area contributed by atoms with Crippen LogP contribution in [0.2, 0.25) is 0 Å². The number of rotatable bonds is 6. The molecule has 0 radical (unpaired) electrons. The summed E-state index contributed by atoms with van der Waals surface area (Å²) in [6.45, 7) is 7.32. The molecule has 0 aromatic heterocycles. The Hall–Kier alpha value is -0.120. The summed E-state index contributed by atoms with van der Waals surface area (Å²) in [6.07, 6.45) is 3.34. The molecule has 0 saturated carbocycles. The second-order valence-electron chi connectivity index (χ2n) is 5.15. The third-order valence-corrected chi connectivity index (χ3v) is 3.40. The highest BCUT2D eigenvalue weighted by Gasteiger charge is 2.28. The summed E-state index contributed by atoms with van der Waals surface area (Å²) < 4.78 is 5.38. The van der Waals surface area contributed by atoms with Gasteiger partial charge >= 0.3 is 0 Å². The van der Waals surface area contributed by atoms with E-state index in [0.29, 0.717) is 6.04 Å². The number of hydrogen-bond acceptors (Lipinski definition) is 3. The van der Waals surface area contributed by atoms with Crippen LogP contribution in [0, 0.1) is 5.41 Å². The third-order valence-electron chi connectivity index (χ3n) is 3.40. The zero-order valence-electron chi connectivity index (χ0n) is 10.3. The van der Waals surface area contributed by atoms with Crippen LogP contribution in [0.3, 0.4) is 0 Å². The van der Waals surface area contributed by atoms with Gasteiger partial charge in [-0.15, -0.1) is 0 Å². The minimum Gasteiger partial charge on any atom is -0.396 e. The maximum atomic E-state index is 9.45. The van der Waals surface area contributed by atoms with E-state index in [1.807, 2.05) is 0 Å². The summed E-state index contributed by atoms with van der Waals surface area (Å²) in [5, 5.41) is 9.45. The van der Waals surface area contributed by atoms with Crippen molar-refractivity contribution in [1.29, 1.82) is 0 Å². The van der Waals surface area contributed by atoms with Crippen LogP contribution in [0.1, 0.15) is 33.1 Å². The molecular formula is C12H25NO2. The predicted octanol–water partition coefficient (Wildman–Crippen LogP) is 1.51. The van der Waals surface area contributed by atoms with Crippen LogP contribution in [0.25, 0.3) is 0 Å². The van der Waals surface area contributed by atoms with Crippen LogP contribution in [0.5, 0.6) is 0 Å². The van der Waals surface area contributed by atoms with Crippen molar-refractivity contribution in [3.05, 3.63) is 0 Å². The molecule has 1 rings (SSSR count). The Bertz CT molecular complexity index is 180. The summed E-state index contributed by atoms with van der Waals surface area (Å²) in [5.41, 5.74) is 0.0477. The van der Waals surface area contributed by atoms with Crippen LogP contribution >= 0.6 is 0 Å².